The van der Waals surface area contributed by atoms with E-state index < -0.39 is 57.9 Å². The number of likely N-dealkylation sites (tertiary alicyclic amines) is 1. The van der Waals surface area contributed by atoms with Gasteiger partial charge in [-0.05, 0) is 33.6 Å². The topological polar surface area (TPSA) is 175 Å². The van der Waals surface area contributed by atoms with Crippen LogP contribution in [0.2, 0.25) is 0 Å². The number of hydrazine groups is 1. The van der Waals surface area contributed by atoms with Gasteiger partial charge < -0.3 is 14.5 Å². The fourth-order valence-corrected chi connectivity index (χ4v) is 3.92. The molecule has 3 rings (SSSR count). The average Bonchev–Trinajstić information content (AvgIpc) is 2.80. The van der Waals surface area contributed by atoms with Crippen LogP contribution in [0.5, 0.6) is 0 Å². The second-order valence-corrected chi connectivity index (χ2v) is 9.58. The third-order valence-electron chi connectivity index (χ3n) is 5.01. The summed E-state index contributed by atoms with van der Waals surface area (Å²) in [5, 5.41) is 0.529. The van der Waals surface area contributed by atoms with Crippen LogP contribution in [0, 0.1) is 5.92 Å². The zero-order valence-corrected chi connectivity index (χ0v) is 18.0. The van der Waals surface area contributed by atoms with E-state index in [9.17, 15) is 27.6 Å². The maximum Gasteiger partial charge on any atom is 0.418 e. The van der Waals surface area contributed by atoms with E-state index in [0.717, 1.165) is 4.90 Å². The summed E-state index contributed by atoms with van der Waals surface area (Å²) in [6, 6.07) is -2.45. The number of hydroxylamine groups is 2. The molecule has 31 heavy (non-hydrogen) atoms. The van der Waals surface area contributed by atoms with Crippen LogP contribution in [0.3, 0.4) is 0 Å². The van der Waals surface area contributed by atoms with Gasteiger partial charge in [0.1, 0.15) is 11.6 Å². The number of carbonyl (C=O) groups is 4. The molecule has 2 atom stereocenters. The van der Waals surface area contributed by atoms with E-state index in [2.05, 4.69) is 15.1 Å². The fraction of sp³-hybridized carbons (Fsp3) is 0.750. The first kappa shape index (κ1) is 23.0. The van der Waals surface area contributed by atoms with E-state index in [-0.39, 0.29) is 32.5 Å². The number of hydrogen-bond acceptors (Lipinski definition) is 8. The first-order chi connectivity index (χ1) is 14.2. The first-order valence-electron chi connectivity index (χ1n) is 9.59. The predicted molar refractivity (Wildman–Crippen MR) is 101 cm³/mol. The molecule has 3 N–H and O–H groups in total. The smallest absolute Gasteiger partial charge is 0.418 e. The Morgan fingerprint density at radius 3 is 2.26 bits per heavy atom. The van der Waals surface area contributed by atoms with Crippen LogP contribution in [0.15, 0.2) is 0 Å². The summed E-state index contributed by atoms with van der Waals surface area (Å²) in [6.45, 7) is 5.53. The molecule has 174 valence electrons. The second kappa shape index (κ2) is 8.12. The van der Waals surface area contributed by atoms with Crippen LogP contribution in [0.25, 0.3) is 0 Å². The van der Waals surface area contributed by atoms with Crippen molar-refractivity contribution in [1.29, 1.82) is 0 Å². The Morgan fingerprint density at radius 1 is 1.06 bits per heavy atom. The van der Waals surface area contributed by atoms with E-state index in [0.29, 0.717) is 5.06 Å². The van der Waals surface area contributed by atoms with Gasteiger partial charge in [-0.2, -0.15) is 13.5 Å². The Balaban J connectivity index is 1.46. The minimum absolute atomic E-state index is 0.0356. The summed E-state index contributed by atoms with van der Waals surface area (Å²) < 4.78 is 40.1. The summed E-state index contributed by atoms with van der Waals surface area (Å²) in [4.78, 5) is 51.3. The molecule has 3 saturated heterocycles. The molecule has 0 aliphatic carbocycles. The molecule has 15 heteroatoms. The van der Waals surface area contributed by atoms with Crippen molar-refractivity contribution in [2.24, 2.45) is 5.92 Å². The lowest BCUT2D eigenvalue weighted by molar-refractivity contribution is -0.136. The number of carbonyl (C=O) groups excluding carboxylic acids is 4. The molecule has 0 saturated carbocycles. The van der Waals surface area contributed by atoms with E-state index in [1.54, 1.807) is 20.8 Å². The summed E-state index contributed by atoms with van der Waals surface area (Å²) in [5.41, 5.74) is 3.89. The molecule has 0 aromatic rings. The van der Waals surface area contributed by atoms with Gasteiger partial charge >= 0.3 is 22.5 Å². The Kier molecular flexibility index (Phi) is 6.03. The van der Waals surface area contributed by atoms with Crippen LogP contribution in [0.4, 0.5) is 9.59 Å². The van der Waals surface area contributed by atoms with Gasteiger partial charge in [0.2, 0.25) is 5.91 Å². The molecular weight excluding hydrogens is 438 g/mol. The van der Waals surface area contributed by atoms with Gasteiger partial charge in [0.05, 0.1) is 12.0 Å². The lowest BCUT2D eigenvalue weighted by Crippen LogP contribution is -2.60. The number of rotatable bonds is 4. The van der Waals surface area contributed by atoms with Crippen LogP contribution in [-0.2, 0) is 29.0 Å². The molecule has 0 aromatic heterocycles. The molecule has 0 radical (unpaired) electrons. The summed E-state index contributed by atoms with van der Waals surface area (Å²) in [6.07, 6.45) is -0.0575. The first-order valence-corrected chi connectivity index (χ1v) is 11.0. The van der Waals surface area contributed by atoms with Crippen molar-refractivity contribution < 1.29 is 41.2 Å². The summed E-state index contributed by atoms with van der Waals surface area (Å²) >= 11 is 0. The molecule has 3 fully saturated rings. The number of piperidine rings is 1. The van der Waals surface area contributed by atoms with Gasteiger partial charge in [-0.15, -0.1) is 4.28 Å². The highest BCUT2D eigenvalue weighted by Gasteiger charge is 2.49. The Labute approximate surface area is 178 Å². The number of fused-ring (bicyclic) bond motifs is 2. The maximum absolute atomic E-state index is 12.5. The zero-order chi connectivity index (χ0) is 23.1. The number of nitrogens with one attached hydrogen (secondary N) is 2. The average molecular weight is 463 g/mol. The largest absolute Gasteiger partial charge is 0.444 e. The Hall–Kier alpha value is -2.65. The third-order valence-corrected chi connectivity index (χ3v) is 5.36. The number of urea groups is 1. The highest BCUT2D eigenvalue weighted by molar-refractivity contribution is 7.80. The third kappa shape index (κ3) is 5.34. The SMILES string of the molecule is CC(C)(C)OC(=O)N1CC(C(=O)NNC(=O)[C@H]2CC[C@H]3CN2C(=O)N3OS(=O)(=O)O)C1. The molecule has 0 aromatic carbocycles. The molecule has 3 aliphatic heterocycles. The van der Waals surface area contributed by atoms with Crippen molar-refractivity contribution in [1.82, 2.24) is 25.7 Å². The molecule has 0 spiro atoms. The van der Waals surface area contributed by atoms with Gasteiger partial charge in [0, 0.05) is 19.6 Å². The van der Waals surface area contributed by atoms with Gasteiger partial charge in [-0.25, -0.2) is 9.59 Å². The van der Waals surface area contributed by atoms with E-state index in [4.69, 9.17) is 9.29 Å². The van der Waals surface area contributed by atoms with Gasteiger partial charge in [-0.1, -0.05) is 0 Å². The van der Waals surface area contributed by atoms with Crippen LogP contribution < -0.4 is 10.9 Å². The molecule has 14 nitrogen and oxygen atoms in total. The monoisotopic (exact) mass is 463 g/mol. The predicted octanol–water partition coefficient (Wildman–Crippen LogP) is -0.996. The van der Waals surface area contributed by atoms with Crippen molar-refractivity contribution in [2.75, 3.05) is 19.6 Å². The minimum atomic E-state index is -4.88. The van der Waals surface area contributed by atoms with Crippen molar-refractivity contribution in [3.8, 4) is 0 Å². The van der Waals surface area contributed by atoms with Gasteiger partial charge in [0.15, 0.2) is 0 Å². The lowest BCUT2D eigenvalue weighted by Gasteiger charge is -2.38. The molecule has 2 bridgehead atoms. The van der Waals surface area contributed by atoms with Crippen molar-refractivity contribution in [3.63, 3.8) is 0 Å². The van der Waals surface area contributed by atoms with E-state index in [1.165, 1.54) is 4.90 Å². The van der Waals surface area contributed by atoms with Crippen molar-refractivity contribution in [3.05, 3.63) is 0 Å². The normalized spacial score (nSPS) is 24.0. The van der Waals surface area contributed by atoms with Crippen LogP contribution >= 0.6 is 0 Å². The lowest BCUT2D eigenvalue weighted by atomic mass is 10.00. The number of nitrogens with zero attached hydrogens (tertiary/aromatic N) is 3. The fourth-order valence-electron chi connectivity index (χ4n) is 3.53. The number of amides is 5. The zero-order valence-electron chi connectivity index (χ0n) is 17.2. The van der Waals surface area contributed by atoms with E-state index in [1.807, 2.05) is 0 Å². The number of hydrogen-bond donors (Lipinski definition) is 3. The van der Waals surface area contributed by atoms with Gasteiger partial charge in [-0.3, -0.25) is 25.0 Å². The maximum atomic E-state index is 12.5. The summed E-state index contributed by atoms with van der Waals surface area (Å²) in [5.74, 6) is -1.67. The highest BCUT2D eigenvalue weighted by Crippen LogP contribution is 2.30. The second-order valence-electron chi connectivity index (χ2n) is 8.57. The van der Waals surface area contributed by atoms with Crippen LogP contribution in [-0.4, -0.2) is 89.1 Å². The molecule has 3 heterocycles. The quantitative estimate of drug-likeness (QED) is 0.349. The summed E-state index contributed by atoms with van der Waals surface area (Å²) in [7, 11) is -4.88. The Bertz CT molecular complexity index is 880. The van der Waals surface area contributed by atoms with Crippen molar-refractivity contribution in [2.45, 2.75) is 51.3 Å². The standard InChI is InChI=1S/C16H25N5O9S/c1-16(2,3)29-15(25)19-6-9(7-19)12(22)17-18-13(23)11-5-4-10-8-20(11)14(24)21(10)30-31(26,27)28/h9-11H,4-8H2,1-3H3,(H,17,22)(H,18,23)(H,26,27,28)/t10-,11+/m0/s1. The van der Waals surface area contributed by atoms with Gasteiger partial charge in [0.25, 0.3) is 5.91 Å². The van der Waals surface area contributed by atoms with Crippen molar-refractivity contribution >= 4 is 34.3 Å². The van der Waals surface area contributed by atoms with E-state index >= 15 is 0 Å². The molecule has 5 amide bonds. The molecule has 3 aliphatic rings. The molecular formula is C16H25N5O9S. The highest BCUT2D eigenvalue weighted by atomic mass is 32.3. The Morgan fingerprint density at radius 2 is 1.68 bits per heavy atom. The molecule has 0 unspecified atom stereocenters. The number of ether oxygens (including phenoxy) is 1. The minimum Gasteiger partial charge on any atom is -0.444 e. The van der Waals surface area contributed by atoms with Crippen LogP contribution in [0.1, 0.15) is 33.6 Å².